The van der Waals surface area contributed by atoms with Crippen LogP contribution in [-0.2, 0) is 0 Å². The van der Waals surface area contributed by atoms with Gasteiger partial charge in [0, 0.05) is 10.0 Å². The number of halogens is 1. The van der Waals surface area contributed by atoms with E-state index in [4.69, 9.17) is 0 Å². The smallest absolute Gasteiger partial charge is 0.174 e. The molecule has 3 nitrogen and oxygen atoms in total. The van der Waals surface area contributed by atoms with Gasteiger partial charge in [0.1, 0.15) is 5.75 Å². The Morgan fingerprint density at radius 3 is 2.55 bits per heavy atom. The number of hydrogen-bond donors (Lipinski definition) is 1. The van der Waals surface area contributed by atoms with E-state index in [2.05, 4.69) is 15.9 Å². The summed E-state index contributed by atoms with van der Waals surface area (Å²) in [6, 6.07) is 11.7. The molecule has 0 amide bonds. The Hall–Kier alpha value is -1.94. The molecule has 0 heterocycles. The van der Waals surface area contributed by atoms with Gasteiger partial charge in [-0.25, -0.2) is 0 Å². The van der Waals surface area contributed by atoms with Gasteiger partial charge in [0.15, 0.2) is 11.6 Å². The fraction of sp³-hybridized carbons (Fsp3) is 0.125. The lowest BCUT2D eigenvalue weighted by molar-refractivity contribution is 0.0893. The minimum absolute atomic E-state index is 0.0948. The molecule has 0 radical (unpaired) electrons. The molecule has 1 N–H and O–H groups in total. The first-order valence-corrected chi connectivity index (χ1v) is 6.88. The highest BCUT2D eigenvalue weighted by Gasteiger charge is 2.16. The van der Waals surface area contributed by atoms with E-state index in [-0.39, 0.29) is 29.3 Å². The van der Waals surface area contributed by atoms with E-state index in [1.165, 1.54) is 6.07 Å². The third-order valence-electron chi connectivity index (χ3n) is 2.92. The zero-order chi connectivity index (χ0) is 14.7. The molecule has 0 aliphatic rings. The summed E-state index contributed by atoms with van der Waals surface area (Å²) in [7, 11) is 0. The van der Waals surface area contributed by atoms with Crippen molar-refractivity contribution in [1.82, 2.24) is 0 Å². The molecule has 0 aliphatic heterocycles. The lowest BCUT2D eigenvalue weighted by Crippen LogP contribution is -2.09. The zero-order valence-electron chi connectivity index (χ0n) is 10.9. The van der Waals surface area contributed by atoms with Crippen molar-refractivity contribution in [3.8, 4) is 5.75 Å². The summed E-state index contributed by atoms with van der Waals surface area (Å²) in [5.41, 5.74) is 1.52. The number of rotatable bonds is 4. The van der Waals surface area contributed by atoms with Gasteiger partial charge in [-0.2, -0.15) is 0 Å². The molecular formula is C16H13BrO3. The van der Waals surface area contributed by atoms with Gasteiger partial charge in [0.2, 0.25) is 0 Å². The molecule has 0 saturated carbocycles. The Morgan fingerprint density at radius 1 is 1.10 bits per heavy atom. The van der Waals surface area contributed by atoms with Crippen molar-refractivity contribution in [3.63, 3.8) is 0 Å². The van der Waals surface area contributed by atoms with Crippen molar-refractivity contribution in [3.05, 3.63) is 63.6 Å². The second-order valence-electron chi connectivity index (χ2n) is 4.55. The average Bonchev–Trinajstić information content (AvgIpc) is 2.41. The van der Waals surface area contributed by atoms with E-state index in [9.17, 15) is 14.7 Å². The van der Waals surface area contributed by atoms with Crippen LogP contribution in [0.4, 0.5) is 0 Å². The van der Waals surface area contributed by atoms with E-state index in [1.807, 2.05) is 13.0 Å². The second-order valence-corrected chi connectivity index (χ2v) is 5.47. The van der Waals surface area contributed by atoms with Crippen molar-refractivity contribution >= 4 is 27.5 Å². The number of hydrogen-bond acceptors (Lipinski definition) is 3. The molecule has 0 bridgehead atoms. The normalized spacial score (nSPS) is 10.3. The van der Waals surface area contributed by atoms with Gasteiger partial charge in [-0.3, -0.25) is 9.59 Å². The molecule has 2 rings (SSSR count). The fourth-order valence-corrected chi connectivity index (χ4v) is 2.28. The maximum Gasteiger partial charge on any atom is 0.174 e. The van der Waals surface area contributed by atoms with Crippen LogP contribution < -0.4 is 0 Å². The Morgan fingerprint density at radius 2 is 1.85 bits per heavy atom. The number of carbonyl (C=O) groups excluding carboxylic acids is 2. The molecule has 0 aromatic heterocycles. The lowest BCUT2D eigenvalue weighted by atomic mass is 10.00. The number of phenolic OH excluding ortho intramolecular Hbond substituents is 1. The van der Waals surface area contributed by atoms with E-state index in [0.29, 0.717) is 5.56 Å². The van der Waals surface area contributed by atoms with Crippen LogP contribution in [-0.4, -0.2) is 16.7 Å². The van der Waals surface area contributed by atoms with E-state index in [0.717, 1.165) is 10.0 Å². The van der Waals surface area contributed by atoms with Crippen LogP contribution in [0.3, 0.4) is 0 Å². The molecule has 0 fully saturated rings. The maximum atomic E-state index is 12.1. The van der Waals surface area contributed by atoms with E-state index in [1.54, 1.807) is 30.3 Å². The fourth-order valence-electron chi connectivity index (χ4n) is 1.88. The second kappa shape index (κ2) is 6.01. The van der Waals surface area contributed by atoms with Gasteiger partial charge < -0.3 is 5.11 Å². The predicted octanol–water partition coefficient (Wildman–Crippen LogP) is 3.92. The Balaban J connectivity index is 2.19. The Labute approximate surface area is 125 Å². The quantitative estimate of drug-likeness (QED) is 0.682. The molecule has 2 aromatic rings. The first-order valence-electron chi connectivity index (χ1n) is 6.09. The van der Waals surface area contributed by atoms with Crippen LogP contribution in [0.15, 0.2) is 46.9 Å². The SMILES string of the molecule is Cc1ccc(O)c(C(=O)CC(=O)c2cccc(Br)c2)c1. The molecule has 0 atom stereocenters. The highest BCUT2D eigenvalue weighted by Crippen LogP contribution is 2.21. The molecule has 102 valence electrons. The highest BCUT2D eigenvalue weighted by atomic mass is 79.9. The number of aromatic hydroxyl groups is 1. The standard InChI is InChI=1S/C16H13BrO3/c1-10-5-6-14(18)13(7-10)16(20)9-15(19)11-3-2-4-12(17)8-11/h2-8,18H,9H2,1H3. The van der Waals surface area contributed by atoms with E-state index < -0.39 is 0 Å². The molecular weight excluding hydrogens is 320 g/mol. The largest absolute Gasteiger partial charge is 0.507 e. The van der Waals surface area contributed by atoms with Crippen LogP contribution in [0.25, 0.3) is 0 Å². The summed E-state index contributed by atoms with van der Waals surface area (Å²) < 4.78 is 0.786. The van der Waals surface area contributed by atoms with Crippen molar-refractivity contribution in [2.45, 2.75) is 13.3 Å². The first kappa shape index (κ1) is 14.5. The molecule has 4 heteroatoms. The molecule has 0 saturated heterocycles. The molecule has 20 heavy (non-hydrogen) atoms. The Kier molecular flexibility index (Phi) is 4.35. The summed E-state index contributed by atoms with van der Waals surface area (Å²) >= 11 is 3.29. The molecule has 0 aliphatic carbocycles. The molecule has 0 unspecified atom stereocenters. The highest BCUT2D eigenvalue weighted by molar-refractivity contribution is 9.10. The summed E-state index contributed by atoms with van der Waals surface area (Å²) in [5, 5.41) is 9.69. The summed E-state index contributed by atoms with van der Waals surface area (Å²) in [5.74, 6) is -0.740. The van der Waals surface area contributed by atoms with Crippen molar-refractivity contribution in [1.29, 1.82) is 0 Å². The first-order chi connectivity index (χ1) is 9.47. The average molecular weight is 333 g/mol. The summed E-state index contributed by atoms with van der Waals surface area (Å²) in [4.78, 5) is 24.1. The van der Waals surface area contributed by atoms with Crippen molar-refractivity contribution in [2.24, 2.45) is 0 Å². The molecule has 0 spiro atoms. The van der Waals surface area contributed by atoms with Gasteiger partial charge in [-0.05, 0) is 31.2 Å². The number of Topliss-reactive ketones (excluding diaryl/α,β-unsaturated/α-hetero) is 2. The number of aryl methyl sites for hydroxylation is 1. The van der Waals surface area contributed by atoms with Crippen LogP contribution in [0.2, 0.25) is 0 Å². The van der Waals surface area contributed by atoms with Crippen LogP contribution >= 0.6 is 15.9 Å². The number of carbonyl (C=O) groups is 2. The van der Waals surface area contributed by atoms with Crippen molar-refractivity contribution in [2.75, 3.05) is 0 Å². The monoisotopic (exact) mass is 332 g/mol. The lowest BCUT2D eigenvalue weighted by Gasteiger charge is -2.05. The van der Waals surface area contributed by atoms with E-state index >= 15 is 0 Å². The van der Waals surface area contributed by atoms with Crippen molar-refractivity contribution < 1.29 is 14.7 Å². The predicted molar refractivity (Wildman–Crippen MR) is 80.3 cm³/mol. The third-order valence-corrected chi connectivity index (χ3v) is 3.41. The Bertz CT molecular complexity index is 677. The van der Waals surface area contributed by atoms with Gasteiger partial charge in [-0.15, -0.1) is 0 Å². The zero-order valence-corrected chi connectivity index (χ0v) is 12.5. The molecule has 2 aromatic carbocycles. The minimum Gasteiger partial charge on any atom is -0.507 e. The van der Waals surface area contributed by atoms with Gasteiger partial charge in [0.05, 0.1) is 12.0 Å². The van der Waals surface area contributed by atoms with Gasteiger partial charge in [-0.1, -0.05) is 39.7 Å². The number of ketones is 2. The summed E-state index contributed by atoms with van der Waals surface area (Å²) in [6.45, 7) is 1.83. The number of phenols is 1. The maximum absolute atomic E-state index is 12.1. The van der Waals surface area contributed by atoms with Crippen LogP contribution in [0.5, 0.6) is 5.75 Å². The topological polar surface area (TPSA) is 54.4 Å². The number of benzene rings is 2. The third kappa shape index (κ3) is 3.33. The van der Waals surface area contributed by atoms with Crippen LogP contribution in [0.1, 0.15) is 32.7 Å². The van der Waals surface area contributed by atoms with Gasteiger partial charge >= 0.3 is 0 Å². The summed E-state index contributed by atoms with van der Waals surface area (Å²) in [6.07, 6.45) is -0.256. The van der Waals surface area contributed by atoms with Crippen LogP contribution in [0, 0.1) is 6.92 Å². The minimum atomic E-state index is -0.379. The van der Waals surface area contributed by atoms with Gasteiger partial charge in [0.25, 0.3) is 0 Å².